The van der Waals surface area contributed by atoms with E-state index in [0.717, 1.165) is 14.7 Å². The quantitative estimate of drug-likeness (QED) is 0.167. The molecule has 0 radical (unpaired) electrons. The number of ether oxygens (including phenoxy) is 2. The van der Waals surface area contributed by atoms with Crippen molar-refractivity contribution in [2.45, 2.75) is 6.92 Å². The van der Waals surface area contributed by atoms with E-state index in [0.29, 0.717) is 17.1 Å². The van der Waals surface area contributed by atoms with Crippen LogP contribution in [0.4, 0.5) is 0 Å². The average molecular weight is 514 g/mol. The van der Waals surface area contributed by atoms with Crippen molar-refractivity contribution < 1.29 is 19.1 Å². The normalized spacial score (nSPS) is 10.6. The van der Waals surface area contributed by atoms with Crippen LogP contribution in [0, 0.1) is 10.5 Å². The van der Waals surface area contributed by atoms with Gasteiger partial charge in [0.15, 0.2) is 6.61 Å². The molecular formula is C23H19IN2O4. The fraction of sp³-hybridized carbons (Fsp3) is 0.0870. The minimum atomic E-state index is -0.415. The summed E-state index contributed by atoms with van der Waals surface area (Å²) in [5.41, 5.74) is 4.72. The highest BCUT2D eigenvalue weighted by Crippen LogP contribution is 2.17. The molecule has 0 aliphatic carbocycles. The lowest BCUT2D eigenvalue weighted by Crippen LogP contribution is -2.24. The molecular weight excluding hydrogens is 495 g/mol. The first-order valence-corrected chi connectivity index (χ1v) is 10.2. The topological polar surface area (TPSA) is 77.0 Å². The first-order chi connectivity index (χ1) is 14.5. The Labute approximate surface area is 188 Å². The highest BCUT2D eigenvalue weighted by Gasteiger charge is 2.11. The molecule has 0 aliphatic rings. The van der Waals surface area contributed by atoms with Crippen molar-refractivity contribution in [2.75, 3.05) is 6.61 Å². The molecule has 1 amide bonds. The van der Waals surface area contributed by atoms with Crippen molar-refractivity contribution in [1.82, 2.24) is 5.43 Å². The number of hydrogen-bond acceptors (Lipinski definition) is 5. The van der Waals surface area contributed by atoms with Crippen LogP contribution in [0.5, 0.6) is 11.5 Å². The van der Waals surface area contributed by atoms with E-state index in [1.165, 1.54) is 6.21 Å². The Hall–Kier alpha value is -3.20. The van der Waals surface area contributed by atoms with Crippen molar-refractivity contribution in [3.63, 3.8) is 0 Å². The third-order valence-corrected chi connectivity index (χ3v) is 4.89. The van der Waals surface area contributed by atoms with E-state index in [2.05, 4.69) is 33.1 Å². The summed E-state index contributed by atoms with van der Waals surface area (Å²) in [5, 5.41) is 3.91. The van der Waals surface area contributed by atoms with E-state index in [4.69, 9.17) is 9.47 Å². The van der Waals surface area contributed by atoms with E-state index >= 15 is 0 Å². The number of aryl methyl sites for hydroxylation is 1. The molecule has 6 nitrogen and oxygen atoms in total. The Morgan fingerprint density at radius 3 is 2.50 bits per heavy atom. The Bertz CT molecular complexity index is 1060. The minimum Gasteiger partial charge on any atom is -0.484 e. The molecule has 7 heteroatoms. The number of nitrogens with one attached hydrogen (secondary N) is 1. The van der Waals surface area contributed by atoms with Crippen LogP contribution in [0.3, 0.4) is 0 Å². The smallest absolute Gasteiger partial charge is 0.344 e. The highest BCUT2D eigenvalue weighted by atomic mass is 127. The summed E-state index contributed by atoms with van der Waals surface area (Å²) < 4.78 is 11.6. The maximum atomic E-state index is 12.2. The lowest BCUT2D eigenvalue weighted by atomic mass is 10.2. The molecule has 0 heterocycles. The van der Waals surface area contributed by atoms with E-state index in [9.17, 15) is 9.59 Å². The molecule has 0 unspecified atom stereocenters. The number of esters is 1. The second-order valence-electron chi connectivity index (χ2n) is 6.34. The molecule has 3 aromatic rings. The minimum absolute atomic E-state index is 0.131. The molecule has 3 rings (SSSR count). The van der Waals surface area contributed by atoms with E-state index < -0.39 is 5.97 Å². The zero-order chi connectivity index (χ0) is 21.3. The van der Waals surface area contributed by atoms with E-state index in [1.807, 2.05) is 37.3 Å². The second kappa shape index (κ2) is 10.5. The van der Waals surface area contributed by atoms with Gasteiger partial charge < -0.3 is 9.47 Å². The third kappa shape index (κ3) is 6.41. The monoisotopic (exact) mass is 514 g/mol. The van der Waals surface area contributed by atoms with Crippen LogP contribution in [0.15, 0.2) is 77.9 Å². The van der Waals surface area contributed by atoms with Gasteiger partial charge in [0.05, 0.1) is 11.8 Å². The van der Waals surface area contributed by atoms with Crippen molar-refractivity contribution in [1.29, 1.82) is 0 Å². The fourth-order valence-electron chi connectivity index (χ4n) is 2.48. The summed E-state index contributed by atoms with van der Waals surface area (Å²) in [5.74, 6) is 0.273. The summed E-state index contributed by atoms with van der Waals surface area (Å²) in [7, 11) is 0. The molecule has 1 N–H and O–H groups in total. The predicted octanol–water partition coefficient (Wildman–Crippen LogP) is 4.35. The molecule has 152 valence electrons. The molecule has 0 fully saturated rings. The number of hydrazone groups is 1. The summed E-state index contributed by atoms with van der Waals surface area (Å²) in [6.07, 6.45) is 1.50. The van der Waals surface area contributed by atoms with Crippen LogP contribution >= 0.6 is 22.6 Å². The molecule has 0 aromatic heterocycles. The summed E-state index contributed by atoms with van der Waals surface area (Å²) in [4.78, 5) is 24.1. The van der Waals surface area contributed by atoms with Crippen LogP contribution < -0.4 is 14.9 Å². The summed E-state index contributed by atoms with van der Waals surface area (Å²) >= 11 is 2.09. The Morgan fingerprint density at radius 2 is 1.77 bits per heavy atom. The number of carbonyl (C=O) groups excluding carboxylic acids is 2. The van der Waals surface area contributed by atoms with E-state index in [1.54, 1.807) is 42.5 Å². The largest absolute Gasteiger partial charge is 0.484 e. The first kappa shape index (κ1) is 21.5. The van der Waals surface area contributed by atoms with Crippen LogP contribution in [-0.2, 0) is 4.79 Å². The zero-order valence-corrected chi connectivity index (χ0v) is 18.3. The van der Waals surface area contributed by atoms with Crippen molar-refractivity contribution in [3.05, 3.63) is 93.1 Å². The van der Waals surface area contributed by atoms with Gasteiger partial charge in [0, 0.05) is 3.57 Å². The van der Waals surface area contributed by atoms with Gasteiger partial charge in [0.25, 0.3) is 5.91 Å². The van der Waals surface area contributed by atoms with Crippen LogP contribution in [0.25, 0.3) is 0 Å². The highest BCUT2D eigenvalue weighted by molar-refractivity contribution is 14.1. The molecule has 0 aliphatic heterocycles. The van der Waals surface area contributed by atoms with Gasteiger partial charge in [-0.25, -0.2) is 10.2 Å². The molecule has 0 saturated carbocycles. The first-order valence-electron chi connectivity index (χ1n) is 9.09. The Morgan fingerprint density at radius 1 is 1.00 bits per heavy atom. The maximum Gasteiger partial charge on any atom is 0.344 e. The van der Waals surface area contributed by atoms with Gasteiger partial charge in [-0.2, -0.15) is 5.10 Å². The Balaban J connectivity index is 1.48. The summed E-state index contributed by atoms with van der Waals surface area (Å²) in [6.45, 7) is 1.82. The fourth-order valence-corrected chi connectivity index (χ4v) is 3.08. The number of rotatable bonds is 7. The van der Waals surface area contributed by atoms with Gasteiger partial charge in [-0.15, -0.1) is 0 Å². The number of nitrogens with zero attached hydrogens (tertiary/aromatic N) is 1. The van der Waals surface area contributed by atoms with Gasteiger partial charge in [-0.3, -0.25) is 4.79 Å². The number of carbonyl (C=O) groups is 2. The standard InChI is InChI=1S/C23H19IN2O4/c1-16-5-4-6-19(13-16)29-15-22(27)26-25-14-17-9-11-18(12-10-17)30-23(28)20-7-2-3-8-21(20)24/h2-14H,15H2,1H3,(H,26,27)/b25-14+. The molecule has 3 aromatic carbocycles. The number of hydrogen-bond donors (Lipinski definition) is 1. The Kier molecular flexibility index (Phi) is 7.56. The van der Waals surface area contributed by atoms with Gasteiger partial charge >= 0.3 is 5.97 Å². The van der Waals surface area contributed by atoms with Crippen molar-refractivity contribution >= 4 is 40.7 Å². The van der Waals surface area contributed by atoms with Gasteiger partial charge in [0.1, 0.15) is 11.5 Å². The number of halogens is 1. The molecule has 0 bridgehead atoms. The van der Waals surface area contributed by atoms with Crippen LogP contribution in [-0.4, -0.2) is 24.7 Å². The summed E-state index contributed by atoms with van der Waals surface area (Å²) in [6, 6.07) is 21.5. The molecule has 30 heavy (non-hydrogen) atoms. The lowest BCUT2D eigenvalue weighted by Gasteiger charge is -2.06. The van der Waals surface area contributed by atoms with Crippen LogP contribution in [0.1, 0.15) is 21.5 Å². The zero-order valence-electron chi connectivity index (χ0n) is 16.2. The molecule has 0 atom stereocenters. The van der Waals surface area contributed by atoms with Crippen LogP contribution in [0.2, 0.25) is 0 Å². The van der Waals surface area contributed by atoms with Gasteiger partial charge in [-0.1, -0.05) is 24.3 Å². The molecule has 0 saturated heterocycles. The van der Waals surface area contributed by atoms with Crippen molar-refractivity contribution in [2.24, 2.45) is 5.10 Å². The van der Waals surface area contributed by atoms with Crippen molar-refractivity contribution in [3.8, 4) is 11.5 Å². The predicted molar refractivity (Wildman–Crippen MR) is 123 cm³/mol. The SMILES string of the molecule is Cc1cccc(OCC(=O)N/N=C/c2ccc(OC(=O)c3ccccc3I)cc2)c1. The number of benzene rings is 3. The lowest BCUT2D eigenvalue weighted by molar-refractivity contribution is -0.123. The maximum absolute atomic E-state index is 12.2. The third-order valence-electron chi connectivity index (χ3n) is 3.95. The molecule has 0 spiro atoms. The number of amides is 1. The van der Waals surface area contributed by atoms with Gasteiger partial charge in [0.2, 0.25) is 0 Å². The van der Waals surface area contributed by atoms with Gasteiger partial charge in [-0.05, 0) is 89.2 Å². The van der Waals surface area contributed by atoms with E-state index in [-0.39, 0.29) is 12.5 Å². The second-order valence-corrected chi connectivity index (χ2v) is 7.50. The average Bonchev–Trinajstić information content (AvgIpc) is 2.74.